The summed E-state index contributed by atoms with van der Waals surface area (Å²) in [5.41, 5.74) is 4.80. The molecule has 1 fully saturated rings. The van der Waals surface area contributed by atoms with Gasteiger partial charge in [0.2, 0.25) is 0 Å². The van der Waals surface area contributed by atoms with Crippen molar-refractivity contribution in [3.8, 4) is 6.07 Å². The Labute approximate surface area is 147 Å². The van der Waals surface area contributed by atoms with Crippen LogP contribution >= 0.6 is 0 Å². The van der Waals surface area contributed by atoms with Gasteiger partial charge in [0.1, 0.15) is 6.07 Å². The van der Waals surface area contributed by atoms with Crippen LogP contribution < -0.4 is 0 Å². The maximum atomic E-state index is 9.82. The molecule has 2 heterocycles. The molecule has 1 aliphatic heterocycles. The second kappa shape index (κ2) is 6.78. The number of aromatic nitrogens is 1. The first-order valence-corrected chi connectivity index (χ1v) is 8.63. The predicted octanol–water partition coefficient (Wildman–Crippen LogP) is 4.77. The molecular formula is C22H19N3. The zero-order chi connectivity index (χ0) is 17.1. The number of hydrogen-bond donors (Lipinski definition) is 0. The van der Waals surface area contributed by atoms with Crippen molar-refractivity contribution in [2.24, 2.45) is 0 Å². The first-order chi connectivity index (χ1) is 12.3. The van der Waals surface area contributed by atoms with Gasteiger partial charge in [-0.3, -0.25) is 0 Å². The van der Waals surface area contributed by atoms with Gasteiger partial charge in [-0.2, -0.15) is 5.26 Å². The molecule has 0 unspecified atom stereocenters. The lowest BCUT2D eigenvalue weighted by Gasteiger charge is -2.21. The number of fused-ring (bicyclic) bond motifs is 1. The minimum Gasteiger partial charge on any atom is -0.369 e. The molecule has 25 heavy (non-hydrogen) atoms. The summed E-state index contributed by atoms with van der Waals surface area (Å²) in [5.74, 6) is 0. The summed E-state index contributed by atoms with van der Waals surface area (Å²) >= 11 is 0. The molecule has 0 amide bonds. The third-order valence-electron chi connectivity index (χ3n) is 4.69. The largest absolute Gasteiger partial charge is 0.369 e. The molecule has 3 aromatic rings. The van der Waals surface area contributed by atoms with E-state index in [9.17, 15) is 5.26 Å². The third-order valence-corrected chi connectivity index (χ3v) is 4.69. The van der Waals surface area contributed by atoms with E-state index in [1.165, 1.54) is 5.56 Å². The summed E-state index contributed by atoms with van der Waals surface area (Å²) in [6, 6.07) is 24.9. The fourth-order valence-electron chi connectivity index (χ4n) is 3.47. The van der Waals surface area contributed by atoms with Crippen LogP contribution in [0.2, 0.25) is 0 Å². The van der Waals surface area contributed by atoms with Gasteiger partial charge in [0, 0.05) is 24.2 Å². The maximum Gasteiger partial charge on any atom is 0.103 e. The molecule has 1 saturated heterocycles. The van der Waals surface area contributed by atoms with Crippen molar-refractivity contribution in [1.82, 2.24) is 9.88 Å². The van der Waals surface area contributed by atoms with E-state index in [1.54, 1.807) is 0 Å². The SMILES string of the molecule is N#C/C(=C1/CCCN1Cc1ccccc1)c1ccc2ccccc2n1. The van der Waals surface area contributed by atoms with E-state index in [-0.39, 0.29) is 0 Å². The highest BCUT2D eigenvalue weighted by molar-refractivity contribution is 5.84. The average molecular weight is 325 g/mol. The number of likely N-dealkylation sites (tertiary alicyclic amines) is 1. The maximum absolute atomic E-state index is 9.82. The summed E-state index contributed by atoms with van der Waals surface area (Å²) in [6.07, 6.45) is 2.02. The van der Waals surface area contributed by atoms with Gasteiger partial charge in [0.25, 0.3) is 0 Å². The molecule has 0 spiro atoms. The third kappa shape index (κ3) is 3.12. The van der Waals surface area contributed by atoms with E-state index >= 15 is 0 Å². The standard InChI is InChI=1S/C22H19N3/c23-15-19(21-13-12-18-9-4-5-10-20(18)24-21)22-11-6-14-25(22)16-17-7-2-1-3-8-17/h1-5,7-10,12-13H,6,11,14,16H2/b22-19+. The number of benzene rings is 2. The van der Waals surface area contributed by atoms with E-state index in [0.29, 0.717) is 5.57 Å². The molecule has 0 radical (unpaired) electrons. The van der Waals surface area contributed by atoms with Crippen molar-refractivity contribution in [3.05, 3.63) is 83.7 Å². The molecule has 4 rings (SSSR count). The molecule has 0 N–H and O–H groups in total. The van der Waals surface area contributed by atoms with Crippen molar-refractivity contribution in [3.63, 3.8) is 0 Å². The zero-order valence-corrected chi connectivity index (χ0v) is 14.0. The Kier molecular flexibility index (Phi) is 4.18. The Morgan fingerprint density at radius 3 is 2.64 bits per heavy atom. The Morgan fingerprint density at radius 1 is 1.00 bits per heavy atom. The van der Waals surface area contributed by atoms with Crippen molar-refractivity contribution >= 4 is 16.5 Å². The second-order valence-corrected chi connectivity index (χ2v) is 6.33. The Hall–Kier alpha value is -3.12. The van der Waals surface area contributed by atoms with Crippen molar-refractivity contribution in [2.75, 3.05) is 6.54 Å². The van der Waals surface area contributed by atoms with Crippen molar-refractivity contribution in [1.29, 1.82) is 5.26 Å². The molecule has 1 aliphatic rings. The van der Waals surface area contributed by atoms with Gasteiger partial charge in [0.05, 0.1) is 16.8 Å². The molecule has 1 aromatic heterocycles. The topological polar surface area (TPSA) is 39.9 Å². The molecule has 0 bridgehead atoms. The lowest BCUT2D eigenvalue weighted by molar-refractivity contribution is 0.388. The summed E-state index contributed by atoms with van der Waals surface area (Å²) < 4.78 is 0. The summed E-state index contributed by atoms with van der Waals surface area (Å²) in [5, 5.41) is 10.9. The van der Waals surface area contributed by atoms with Gasteiger partial charge in [-0.1, -0.05) is 54.6 Å². The van der Waals surface area contributed by atoms with Crippen LogP contribution in [0.3, 0.4) is 0 Å². The molecule has 122 valence electrons. The minimum atomic E-state index is 0.708. The highest BCUT2D eigenvalue weighted by Gasteiger charge is 2.22. The van der Waals surface area contributed by atoms with Gasteiger partial charge < -0.3 is 4.90 Å². The van der Waals surface area contributed by atoms with Crippen LogP contribution in [0.5, 0.6) is 0 Å². The second-order valence-electron chi connectivity index (χ2n) is 6.33. The first kappa shape index (κ1) is 15.4. The Balaban J connectivity index is 1.72. The average Bonchev–Trinajstić information content (AvgIpc) is 3.11. The van der Waals surface area contributed by atoms with Crippen LogP contribution in [-0.2, 0) is 6.54 Å². The van der Waals surface area contributed by atoms with Gasteiger partial charge in [-0.25, -0.2) is 4.98 Å². The molecule has 3 nitrogen and oxygen atoms in total. The van der Waals surface area contributed by atoms with Gasteiger partial charge >= 0.3 is 0 Å². The van der Waals surface area contributed by atoms with Crippen molar-refractivity contribution in [2.45, 2.75) is 19.4 Å². The van der Waals surface area contributed by atoms with E-state index < -0.39 is 0 Å². The van der Waals surface area contributed by atoms with E-state index in [2.05, 4.69) is 35.2 Å². The monoisotopic (exact) mass is 325 g/mol. The van der Waals surface area contributed by atoms with Crippen LogP contribution in [0.25, 0.3) is 16.5 Å². The summed E-state index contributed by atoms with van der Waals surface area (Å²) in [6.45, 7) is 1.83. The van der Waals surface area contributed by atoms with E-state index in [1.807, 2.05) is 42.5 Å². The Bertz CT molecular complexity index is 967. The van der Waals surface area contributed by atoms with Crippen LogP contribution in [0.4, 0.5) is 0 Å². The lowest BCUT2D eigenvalue weighted by atomic mass is 10.1. The van der Waals surface area contributed by atoms with Gasteiger partial charge in [-0.15, -0.1) is 0 Å². The molecule has 3 heteroatoms. The number of para-hydroxylation sites is 1. The molecule has 2 aromatic carbocycles. The van der Waals surface area contributed by atoms with Crippen LogP contribution in [0, 0.1) is 11.3 Å². The number of allylic oxidation sites excluding steroid dienone is 2. The highest BCUT2D eigenvalue weighted by atomic mass is 15.2. The molecule has 0 atom stereocenters. The van der Waals surface area contributed by atoms with Crippen LogP contribution in [-0.4, -0.2) is 16.4 Å². The number of pyridine rings is 1. The number of nitrogens with zero attached hydrogens (tertiary/aromatic N) is 3. The van der Waals surface area contributed by atoms with Gasteiger partial charge in [-0.05, 0) is 30.5 Å². The van der Waals surface area contributed by atoms with Crippen molar-refractivity contribution < 1.29 is 0 Å². The number of rotatable bonds is 3. The predicted molar refractivity (Wildman–Crippen MR) is 100 cm³/mol. The zero-order valence-electron chi connectivity index (χ0n) is 14.0. The summed E-state index contributed by atoms with van der Waals surface area (Å²) in [4.78, 5) is 7.05. The Morgan fingerprint density at radius 2 is 1.80 bits per heavy atom. The van der Waals surface area contributed by atoms with E-state index in [4.69, 9.17) is 4.98 Å². The lowest BCUT2D eigenvalue weighted by Crippen LogP contribution is -2.18. The normalized spacial score (nSPS) is 16.0. The number of hydrogen-bond acceptors (Lipinski definition) is 3. The molecule has 0 saturated carbocycles. The summed E-state index contributed by atoms with van der Waals surface area (Å²) in [7, 11) is 0. The highest BCUT2D eigenvalue weighted by Crippen LogP contribution is 2.30. The fourth-order valence-corrected chi connectivity index (χ4v) is 3.47. The quantitative estimate of drug-likeness (QED) is 0.652. The minimum absolute atomic E-state index is 0.708. The van der Waals surface area contributed by atoms with Gasteiger partial charge in [0.15, 0.2) is 0 Å². The van der Waals surface area contributed by atoms with E-state index in [0.717, 1.165) is 48.2 Å². The smallest absolute Gasteiger partial charge is 0.103 e. The first-order valence-electron chi connectivity index (χ1n) is 8.63. The number of nitriles is 1. The fraction of sp³-hybridized carbons (Fsp3) is 0.182. The van der Waals surface area contributed by atoms with Crippen LogP contribution in [0.1, 0.15) is 24.1 Å². The molecule has 0 aliphatic carbocycles. The molecular weight excluding hydrogens is 306 g/mol. The van der Waals surface area contributed by atoms with Crippen LogP contribution in [0.15, 0.2) is 72.4 Å².